The first-order chi connectivity index (χ1) is 5.83. The highest BCUT2D eigenvalue weighted by Crippen LogP contribution is 2.63. The molecule has 0 aliphatic heterocycles. The summed E-state index contributed by atoms with van der Waals surface area (Å²) in [5.41, 5.74) is -0.885. The Kier molecular flexibility index (Phi) is 1.53. The second kappa shape index (κ2) is 2.17. The van der Waals surface area contributed by atoms with E-state index < -0.39 is 5.41 Å². The van der Waals surface area contributed by atoms with Gasteiger partial charge in [0.2, 0.25) is 11.6 Å². The van der Waals surface area contributed by atoms with Gasteiger partial charge in [0.25, 0.3) is 0 Å². The Morgan fingerprint density at radius 2 is 1.85 bits per heavy atom. The van der Waals surface area contributed by atoms with Crippen LogP contribution in [-0.2, 0) is 9.59 Å². The monoisotopic (exact) mass is 200 g/mol. The number of hydrogen-bond donors (Lipinski definition) is 0. The van der Waals surface area contributed by atoms with Crippen molar-refractivity contribution in [3.63, 3.8) is 0 Å². The maximum Gasteiger partial charge on any atom is 0.206 e. The van der Waals surface area contributed by atoms with Crippen LogP contribution in [0.3, 0.4) is 0 Å². The molecular weight excluding hydrogens is 188 g/mol. The van der Waals surface area contributed by atoms with E-state index in [4.69, 9.17) is 11.6 Å². The number of carbonyl (C=O) groups excluding carboxylic acids is 2. The molecule has 3 heteroatoms. The molecule has 0 saturated heterocycles. The molecule has 0 spiro atoms. The highest BCUT2D eigenvalue weighted by molar-refractivity contribution is 6.45. The molecule has 0 N–H and O–H groups in total. The van der Waals surface area contributed by atoms with E-state index in [0.717, 1.165) is 0 Å². The van der Waals surface area contributed by atoms with Gasteiger partial charge in [0.1, 0.15) is 0 Å². The van der Waals surface area contributed by atoms with E-state index in [0.29, 0.717) is 6.42 Å². The molecule has 0 aromatic heterocycles. The van der Waals surface area contributed by atoms with Crippen LogP contribution in [0.15, 0.2) is 0 Å². The predicted molar refractivity (Wildman–Crippen MR) is 49.7 cm³/mol. The fourth-order valence-electron chi connectivity index (χ4n) is 2.79. The van der Waals surface area contributed by atoms with Gasteiger partial charge in [-0.3, -0.25) is 9.59 Å². The van der Waals surface area contributed by atoms with Gasteiger partial charge in [0.15, 0.2) is 0 Å². The standard InChI is InChI=1S/C10H13ClO2/c1-9(2)5-4-6(11)10(9,3)8(13)7(5)12/h5-6H,4H2,1-3H3/t5-,6-,10+/m1/s1. The lowest BCUT2D eigenvalue weighted by Crippen LogP contribution is -2.41. The SMILES string of the molecule is CC1(C)[C@@H]2C[C@@H](Cl)[C@@]1(C)C(=O)C2=O. The van der Waals surface area contributed by atoms with Crippen LogP contribution in [0.4, 0.5) is 0 Å². The van der Waals surface area contributed by atoms with Crippen molar-refractivity contribution in [2.24, 2.45) is 16.7 Å². The summed E-state index contributed by atoms with van der Waals surface area (Å²) in [6.07, 6.45) is 0.662. The van der Waals surface area contributed by atoms with Gasteiger partial charge in [-0.05, 0) is 11.8 Å². The third-order valence-electron chi connectivity index (χ3n) is 4.29. The van der Waals surface area contributed by atoms with Crippen LogP contribution in [0.25, 0.3) is 0 Å². The number of hydrogen-bond acceptors (Lipinski definition) is 2. The summed E-state index contributed by atoms with van der Waals surface area (Å²) in [6.45, 7) is 5.78. The zero-order valence-electron chi connectivity index (χ0n) is 8.06. The molecule has 2 aliphatic carbocycles. The summed E-state index contributed by atoms with van der Waals surface area (Å²) in [4.78, 5) is 23.2. The average Bonchev–Trinajstić information content (AvgIpc) is 2.28. The predicted octanol–water partition coefficient (Wildman–Crippen LogP) is 1.80. The number of carbonyl (C=O) groups is 2. The maximum atomic E-state index is 11.7. The third-order valence-corrected chi connectivity index (χ3v) is 4.91. The lowest BCUT2D eigenvalue weighted by Gasteiger charge is -2.33. The topological polar surface area (TPSA) is 34.1 Å². The lowest BCUT2D eigenvalue weighted by molar-refractivity contribution is -0.141. The summed E-state index contributed by atoms with van der Waals surface area (Å²) in [6, 6.07) is 0. The number of rotatable bonds is 0. The molecule has 2 nitrogen and oxygen atoms in total. The van der Waals surface area contributed by atoms with Crippen LogP contribution >= 0.6 is 11.6 Å². The van der Waals surface area contributed by atoms with Crippen LogP contribution < -0.4 is 0 Å². The molecule has 72 valence electrons. The molecule has 0 unspecified atom stereocenters. The van der Waals surface area contributed by atoms with E-state index in [1.54, 1.807) is 0 Å². The highest BCUT2D eigenvalue weighted by atomic mass is 35.5. The maximum absolute atomic E-state index is 11.7. The number of alkyl halides is 1. The molecule has 13 heavy (non-hydrogen) atoms. The Morgan fingerprint density at radius 3 is 2.15 bits per heavy atom. The Bertz CT molecular complexity index is 308. The minimum Gasteiger partial charge on any atom is -0.291 e. The largest absolute Gasteiger partial charge is 0.291 e. The van der Waals surface area contributed by atoms with E-state index in [9.17, 15) is 9.59 Å². The molecule has 2 rings (SSSR count). The number of Topliss-reactive ketones (excluding diaryl/α,β-unsaturated/α-hetero) is 2. The molecule has 3 atom stereocenters. The van der Waals surface area contributed by atoms with Gasteiger partial charge in [-0.1, -0.05) is 20.8 Å². The van der Waals surface area contributed by atoms with Gasteiger partial charge in [-0.15, -0.1) is 11.6 Å². The van der Waals surface area contributed by atoms with Crippen molar-refractivity contribution >= 4 is 23.2 Å². The van der Waals surface area contributed by atoms with Crippen LogP contribution in [-0.4, -0.2) is 16.9 Å². The Hall–Kier alpha value is -0.370. The molecule has 2 aliphatic rings. The van der Waals surface area contributed by atoms with Crippen molar-refractivity contribution in [2.45, 2.75) is 32.6 Å². The smallest absolute Gasteiger partial charge is 0.206 e. The third kappa shape index (κ3) is 0.723. The van der Waals surface area contributed by atoms with Crippen molar-refractivity contribution in [3.05, 3.63) is 0 Å². The number of ketones is 2. The van der Waals surface area contributed by atoms with Gasteiger partial charge in [0.05, 0.1) is 5.41 Å². The van der Waals surface area contributed by atoms with Crippen molar-refractivity contribution in [3.8, 4) is 0 Å². The number of fused-ring (bicyclic) bond motifs is 2. The van der Waals surface area contributed by atoms with Crippen molar-refractivity contribution in [1.82, 2.24) is 0 Å². The summed E-state index contributed by atoms with van der Waals surface area (Å²) >= 11 is 6.12. The van der Waals surface area contributed by atoms with Crippen LogP contribution in [0.5, 0.6) is 0 Å². The highest BCUT2D eigenvalue weighted by Gasteiger charge is 2.70. The summed E-state index contributed by atoms with van der Waals surface area (Å²) < 4.78 is 0. The van der Waals surface area contributed by atoms with Crippen molar-refractivity contribution in [1.29, 1.82) is 0 Å². The van der Waals surface area contributed by atoms with Gasteiger partial charge in [0, 0.05) is 11.3 Å². The molecule has 0 amide bonds. The van der Waals surface area contributed by atoms with E-state index in [2.05, 4.69) is 0 Å². The Morgan fingerprint density at radius 1 is 1.31 bits per heavy atom. The van der Waals surface area contributed by atoms with Gasteiger partial charge < -0.3 is 0 Å². The Labute approximate surface area is 82.6 Å². The van der Waals surface area contributed by atoms with Crippen LogP contribution in [0, 0.1) is 16.7 Å². The second-order valence-corrected chi connectivity index (χ2v) is 5.40. The molecular formula is C10H13ClO2. The number of halogens is 1. The van der Waals surface area contributed by atoms with E-state index in [1.807, 2.05) is 20.8 Å². The Balaban J connectivity index is 2.60. The molecule has 2 saturated carbocycles. The fourth-order valence-corrected chi connectivity index (χ4v) is 3.35. The first-order valence-corrected chi connectivity index (χ1v) is 5.00. The van der Waals surface area contributed by atoms with Gasteiger partial charge in [-0.2, -0.15) is 0 Å². The van der Waals surface area contributed by atoms with Crippen LogP contribution in [0.1, 0.15) is 27.2 Å². The normalized spacial score (nSPS) is 47.4. The second-order valence-electron chi connectivity index (χ2n) is 4.87. The summed E-state index contributed by atoms with van der Waals surface area (Å²) in [5.74, 6) is -0.606. The fraction of sp³-hybridized carbons (Fsp3) is 0.800. The molecule has 2 bridgehead atoms. The molecule has 2 fully saturated rings. The first-order valence-electron chi connectivity index (χ1n) is 4.56. The first kappa shape index (κ1) is 9.20. The van der Waals surface area contributed by atoms with E-state index in [1.165, 1.54) is 0 Å². The lowest BCUT2D eigenvalue weighted by atomic mass is 9.70. The molecule has 0 aromatic carbocycles. The van der Waals surface area contributed by atoms with Crippen molar-refractivity contribution in [2.75, 3.05) is 0 Å². The average molecular weight is 201 g/mol. The van der Waals surface area contributed by atoms with E-state index >= 15 is 0 Å². The molecule has 0 heterocycles. The summed E-state index contributed by atoms with van der Waals surface area (Å²) in [5, 5.41) is -0.169. The van der Waals surface area contributed by atoms with E-state index in [-0.39, 0.29) is 28.3 Å². The quantitative estimate of drug-likeness (QED) is 0.442. The van der Waals surface area contributed by atoms with Gasteiger partial charge >= 0.3 is 0 Å². The zero-order valence-corrected chi connectivity index (χ0v) is 8.81. The molecule has 0 aromatic rings. The minimum atomic E-state index is -0.629. The zero-order chi connectivity index (χ0) is 10.0. The van der Waals surface area contributed by atoms with Crippen molar-refractivity contribution < 1.29 is 9.59 Å². The minimum absolute atomic E-state index is 0.146. The summed E-state index contributed by atoms with van der Waals surface area (Å²) in [7, 11) is 0. The van der Waals surface area contributed by atoms with Gasteiger partial charge in [-0.25, -0.2) is 0 Å². The molecule has 0 radical (unpaired) electrons. The van der Waals surface area contributed by atoms with Crippen LogP contribution in [0.2, 0.25) is 0 Å².